The third-order valence-corrected chi connectivity index (χ3v) is 4.30. The van der Waals surface area contributed by atoms with Crippen LogP contribution in [0.2, 0.25) is 0 Å². The van der Waals surface area contributed by atoms with Gasteiger partial charge in [-0.1, -0.05) is 53.7 Å². The van der Waals surface area contributed by atoms with Gasteiger partial charge in [-0.15, -0.1) is 0 Å². The summed E-state index contributed by atoms with van der Waals surface area (Å²) in [7, 11) is 1.48. The standard InChI is InChI=1S/C15H24S2/c1-9(2)12-7-13(10(3)4)15(17-16)14(8-12)11(5)6/h7-11,16H,1-6H3/p-1. The van der Waals surface area contributed by atoms with Crippen molar-refractivity contribution in [3.8, 4) is 0 Å². The summed E-state index contributed by atoms with van der Waals surface area (Å²) < 4.78 is 0. The van der Waals surface area contributed by atoms with Crippen LogP contribution >= 0.6 is 10.8 Å². The molecule has 0 aromatic heterocycles. The molecule has 0 radical (unpaired) electrons. The summed E-state index contributed by atoms with van der Waals surface area (Å²) in [5.41, 5.74) is 4.27. The first-order valence-electron chi connectivity index (χ1n) is 6.36. The normalized spacial score (nSPS) is 11.9. The van der Waals surface area contributed by atoms with E-state index in [1.807, 2.05) is 0 Å². The zero-order valence-corrected chi connectivity index (χ0v) is 13.3. The number of hydrogen-bond donors (Lipinski definition) is 0. The maximum absolute atomic E-state index is 5.26. The molecule has 0 unspecified atom stereocenters. The molecule has 0 aliphatic rings. The minimum Gasteiger partial charge on any atom is -0.714 e. The van der Waals surface area contributed by atoms with Crippen LogP contribution in [0, 0.1) is 0 Å². The lowest BCUT2D eigenvalue weighted by Crippen LogP contribution is -2.02. The Bertz CT molecular complexity index is 350. The monoisotopic (exact) mass is 267 g/mol. The molecule has 0 spiro atoms. The third kappa shape index (κ3) is 3.45. The van der Waals surface area contributed by atoms with Gasteiger partial charge in [0.2, 0.25) is 0 Å². The molecule has 1 aromatic carbocycles. The first kappa shape index (κ1) is 15.0. The fourth-order valence-corrected chi connectivity index (χ4v) is 3.34. The summed E-state index contributed by atoms with van der Waals surface area (Å²) in [6.07, 6.45) is 0. The summed E-state index contributed by atoms with van der Waals surface area (Å²) in [4.78, 5) is 1.31. The van der Waals surface area contributed by atoms with Gasteiger partial charge in [-0.25, -0.2) is 0 Å². The molecule has 0 nitrogen and oxygen atoms in total. The van der Waals surface area contributed by atoms with Crippen LogP contribution in [0.5, 0.6) is 0 Å². The molecule has 0 aliphatic heterocycles. The second-order valence-corrected chi connectivity index (χ2v) is 6.65. The van der Waals surface area contributed by atoms with Crippen molar-refractivity contribution < 1.29 is 0 Å². The van der Waals surface area contributed by atoms with Crippen molar-refractivity contribution in [2.45, 2.75) is 64.2 Å². The molecular formula is C15H23S2-. The minimum atomic E-state index is 0.539. The van der Waals surface area contributed by atoms with Crippen LogP contribution in [-0.2, 0) is 11.7 Å². The predicted octanol–water partition coefficient (Wildman–Crippen LogP) is 5.61. The van der Waals surface area contributed by atoms with Crippen LogP contribution in [0.25, 0.3) is 0 Å². The van der Waals surface area contributed by atoms with Crippen molar-refractivity contribution in [1.29, 1.82) is 0 Å². The summed E-state index contributed by atoms with van der Waals surface area (Å²) >= 11 is 5.26. The van der Waals surface area contributed by atoms with E-state index >= 15 is 0 Å². The lowest BCUT2D eigenvalue weighted by atomic mass is 9.89. The lowest BCUT2D eigenvalue weighted by molar-refractivity contribution is 0.773. The van der Waals surface area contributed by atoms with E-state index in [0.717, 1.165) is 0 Å². The maximum atomic E-state index is 5.26. The van der Waals surface area contributed by atoms with Gasteiger partial charge in [0.05, 0.1) is 0 Å². The Labute approximate surface area is 115 Å². The first-order valence-corrected chi connectivity index (χ1v) is 8.10. The lowest BCUT2D eigenvalue weighted by Gasteiger charge is -2.24. The molecule has 0 atom stereocenters. The number of hydrogen-bond acceptors (Lipinski definition) is 2. The molecule has 0 saturated carbocycles. The van der Waals surface area contributed by atoms with E-state index in [9.17, 15) is 0 Å². The quantitative estimate of drug-likeness (QED) is 0.513. The minimum absolute atomic E-state index is 0.539. The average molecular weight is 267 g/mol. The molecule has 1 aromatic rings. The zero-order valence-electron chi connectivity index (χ0n) is 11.7. The zero-order chi connectivity index (χ0) is 13.2. The van der Waals surface area contributed by atoms with Crippen LogP contribution in [0.15, 0.2) is 17.0 Å². The van der Waals surface area contributed by atoms with Crippen LogP contribution in [0.3, 0.4) is 0 Å². The molecule has 2 heteroatoms. The summed E-state index contributed by atoms with van der Waals surface area (Å²) in [5, 5.41) is 0. The Morgan fingerprint density at radius 1 is 0.824 bits per heavy atom. The van der Waals surface area contributed by atoms with Gasteiger partial charge in [-0.3, -0.25) is 10.8 Å². The highest BCUT2D eigenvalue weighted by Crippen LogP contribution is 2.37. The van der Waals surface area contributed by atoms with E-state index in [-0.39, 0.29) is 0 Å². The van der Waals surface area contributed by atoms with Crippen molar-refractivity contribution in [1.82, 2.24) is 0 Å². The van der Waals surface area contributed by atoms with E-state index in [0.29, 0.717) is 17.8 Å². The van der Waals surface area contributed by atoms with Crippen molar-refractivity contribution in [3.05, 3.63) is 28.8 Å². The topological polar surface area (TPSA) is 0 Å². The fourth-order valence-electron chi connectivity index (χ4n) is 1.99. The van der Waals surface area contributed by atoms with Gasteiger partial charge < -0.3 is 11.7 Å². The summed E-state index contributed by atoms with van der Waals surface area (Å²) in [6.45, 7) is 13.5. The van der Waals surface area contributed by atoms with Crippen LogP contribution in [0.1, 0.15) is 76.0 Å². The SMILES string of the molecule is CC(C)c1cc(C(C)C)c(S[S-])c(C(C)C)c1. The van der Waals surface area contributed by atoms with E-state index in [1.54, 1.807) is 0 Å². The Hall–Kier alpha value is -0.0800. The summed E-state index contributed by atoms with van der Waals surface area (Å²) in [5.74, 6) is 1.66. The van der Waals surface area contributed by atoms with Gasteiger partial charge in [0.25, 0.3) is 0 Å². The van der Waals surface area contributed by atoms with E-state index in [4.69, 9.17) is 11.7 Å². The molecule has 0 amide bonds. The second-order valence-electron chi connectivity index (χ2n) is 5.58. The molecule has 0 fully saturated rings. The van der Waals surface area contributed by atoms with Crippen molar-refractivity contribution in [3.63, 3.8) is 0 Å². The Morgan fingerprint density at radius 3 is 1.47 bits per heavy atom. The van der Waals surface area contributed by atoms with Gasteiger partial charge in [-0.05, 0) is 39.3 Å². The molecular weight excluding hydrogens is 244 g/mol. The highest BCUT2D eigenvalue weighted by atomic mass is 33.1. The molecule has 96 valence electrons. The highest BCUT2D eigenvalue weighted by Gasteiger charge is 2.14. The predicted molar refractivity (Wildman–Crippen MR) is 81.9 cm³/mol. The van der Waals surface area contributed by atoms with Crippen LogP contribution in [0.4, 0.5) is 0 Å². The first-order chi connectivity index (χ1) is 7.88. The van der Waals surface area contributed by atoms with E-state index in [2.05, 4.69) is 53.7 Å². The molecule has 0 N–H and O–H groups in total. The molecule has 0 saturated heterocycles. The average Bonchev–Trinajstić information content (AvgIpc) is 2.26. The Balaban J connectivity index is 3.46. The fraction of sp³-hybridized carbons (Fsp3) is 0.600. The smallest absolute Gasteiger partial charge is 0.0106 e. The molecule has 0 aliphatic carbocycles. The van der Waals surface area contributed by atoms with Gasteiger partial charge in [-0.2, -0.15) is 0 Å². The van der Waals surface area contributed by atoms with Crippen LogP contribution < -0.4 is 0 Å². The van der Waals surface area contributed by atoms with E-state index in [1.165, 1.54) is 32.4 Å². The van der Waals surface area contributed by atoms with Crippen molar-refractivity contribution in [2.75, 3.05) is 0 Å². The maximum Gasteiger partial charge on any atom is -0.0106 e. The van der Waals surface area contributed by atoms with Crippen LogP contribution in [-0.4, -0.2) is 0 Å². The molecule has 1 rings (SSSR count). The number of benzene rings is 1. The summed E-state index contributed by atoms with van der Waals surface area (Å²) in [6, 6.07) is 4.69. The third-order valence-electron chi connectivity index (χ3n) is 3.16. The van der Waals surface area contributed by atoms with Gasteiger partial charge in [0.1, 0.15) is 0 Å². The number of rotatable bonds is 4. The van der Waals surface area contributed by atoms with Gasteiger partial charge >= 0.3 is 0 Å². The van der Waals surface area contributed by atoms with Gasteiger partial charge in [0, 0.05) is 0 Å². The Morgan fingerprint density at radius 2 is 1.24 bits per heavy atom. The van der Waals surface area contributed by atoms with Crippen molar-refractivity contribution >= 4 is 22.5 Å². The van der Waals surface area contributed by atoms with Gasteiger partial charge in [0.15, 0.2) is 0 Å². The highest BCUT2D eigenvalue weighted by molar-refractivity contribution is 8.59. The Kier molecular flexibility index (Phi) is 5.46. The molecule has 0 bridgehead atoms. The second kappa shape index (κ2) is 6.19. The molecule has 0 heterocycles. The van der Waals surface area contributed by atoms with Crippen molar-refractivity contribution in [2.24, 2.45) is 0 Å². The largest absolute Gasteiger partial charge is 0.714 e. The van der Waals surface area contributed by atoms with E-state index < -0.39 is 0 Å². The molecule has 17 heavy (non-hydrogen) atoms.